The number of fused-ring (bicyclic) bond motifs is 2. The van der Waals surface area contributed by atoms with Gasteiger partial charge in [0.15, 0.2) is 11.5 Å². The van der Waals surface area contributed by atoms with Gasteiger partial charge in [-0.2, -0.15) is 13.2 Å². The average Bonchev–Trinajstić information content (AvgIpc) is 3.11. The summed E-state index contributed by atoms with van der Waals surface area (Å²) in [4.78, 5) is 10.3. The molecule has 2 aromatic heterocycles. The molecule has 2 aromatic rings. The predicted molar refractivity (Wildman–Crippen MR) is 91.6 cm³/mol. The maximum atomic E-state index is 13.4. The Hall–Kier alpha value is -2.05. The van der Waals surface area contributed by atoms with Gasteiger partial charge in [0.25, 0.3) is 0 Å². The van der Waals surface area contributed by atoms with Crippen LogP contribution in [0.2, 0.25) is 0 Å². The summed E-state index contributed by atoms with van der Waals surface area (Å²) in [5.74, 6) is 0.463. The molecule has 1 aliphatic heterocycles. The molecule has 1 aliphatic carbocycles. The van der Waals surface area contributed by atoms with Crippen molar-refractivity contribution in [3.63, 3.8) is 0 Å². The van der Waals surface area contributed by atoms with Crippen LogP contribution in [0.15, 0.2) is 28.9 Å². The van der Waals surface area contributed by atoms with Crippen LogP contribution >= 0.6 is 0 Å². The van der Waals surface area contributed by atoms with Gasteiger partial charge < -0.3 is 9.32 Å². The van der Waals surface area contributed by atoms with E-state index in [2.05, 4.69) is 30.7 Å². The molecule has 0 unspecified atom stereocenters. The Morgan fingerprint density at radius 3 is 2.62 bits per heavy atom. The topological polar surface area (TPSA) is 42.2 Å². The summed E-state index contributed by atoms with van der Waals surface area (Å²) in [6.45, 7) is 7.34. The molecule has 2 bridgehead atoms. The van der Waals surface area contributed by atoms with Crippen molar-refractivity contribution in [1.82, 2.24) is 9.97 Å². The van der Waals surface area contributed by atoms with Crippen LogP contribution < -0.4 is 4.90 Å². The third-order valence-electron chi connectivity index (χ3n) is 5.45. The van der Waals surface area contributed by atoms with Gasteiger partial charge in [-0.05, 0) is 48.3 Å². The Bertz CT molecular complexity index is 816. The first kappa shape index (κ1) is 17.4. The van der Waals surface area contributed by atoms with Gasteiger partial charge in [-0.25, -0.2) is 9.97 Å². The summed E-state index contributed by atoms with van der Waals surface area (Å²) < 4.78 is 45.5. The number of nitrogens with zero attached hydrogens (tertiary/aromatic N) is 3. The molecule has 26 heavy (non-hydrogen) atoms. The minimum absolute atomic E-state index is 0.0782. The molecule has 1 saturated heterocycles. The molecule has 0 amide bonds. The number of aromatic nitrogens is 2. The molecule has 0 radical (unpaired) electrons. The van der Waals surface area contributed by atoms with Gasteiger partial charge in [-0.3, -0.25) is 0 Å². The van der Waals surface area contributed by atoms with Gasteiger partial charge in [-0.15, -0.1) is 0 Å². The quantitative estimate of drug-likeness (QED) is 0.737. The number of hydrogen-bond donors (Lipinski definition) is 0. The average molecular weight is 365 g/mol. The van der Waals surface area contributed by atoms with Crippen molar-refractivity contribution in [1.29, 1.82) is 0 Å². The van der Waals surface area contributed by atoms with Crippen molar-refractivity contribution < 1.29 is 17.6 Å². The van der Waals surface area contributed by atoms with Crippen molar-refractivity contribution in [3.05, 3.63) is 30.2 Å². The van der Waals surface area contributed by atoms with Gasteiger partial charge in [0, 0.05) is 12.6 Å². The molecular formula is C19H22F3N3O. The van der Waals surface area contributed by atoms with Crippen molar-refractivity contribution in [2.45, 2.75) is 52.3 Å². The van der Waals surface area contributed by atoms with E-state index >= 15 is 0 Å². The molecule has 4 nitrogen and oxygen atoms in total. The largest absolute Gasteiger partial charge is 0.463 e. The van der Waals surface area contributed by atoms with Crippen LogP contribution in [-0.4, -0.2) is 22.6 Å². The Morgan fingerprint density at radius 2 is 1.96 bits per heavy atom. The van der Waals surface area contributed by atoms with Gasteiger partial charge in [0.1, 0.15) is 5.69 Å². The van der Waals surface area contributed by atoms with E-state index in [1.165, 1.54) is 6.26 Å². The van der Waals surface area contributed by atoms with E-state index in [9.17, 15) is 13.2 Å². The maximum absolute atomic E-state index is 13.4. The molecule has 7 heteroatoms. The highest BCUT2D eigenvalue weighted by Gasteiger charge is 2.50. The van der Waals surface area contributed by atoms with E-state index in [0.29, 0.717) is 12.3 Å². The lowest BCUT2D eigenvalue weighted by Crippen LogP contribution is -2.35. The lowest BCUT2D eigenvalue weighted by atomic mass is 9.65. The molecular weight excluding hydrogens is 343 g/mol. The lowest BCUT2D eigenvalue weighted by molar-refractivity contribution is -0.141. The number of alkyl halides is 3. The van der Waals surface area contributed by atoms with E-state index in [-0.39, 0.29) is 28.5 Å². The molecule has 1 saturated carbocycles. The Labute approximate surface area is 150 Å². The Kier molecular flexibility index (Phi) is 3.66. The van der Waals surface area contributed by atoms with Crippen LogP contribution in [0.3, 0.4) is 0 Å². The first-order valence-corrected chi connectivity index (χ1v) is 8.82. The van der Waals surface area contributed by atoms with Crippen LogP contribution in [0, 0.1) is 10.8 Å². The van der Waals surface area contributed by atoms with E-state index in [4.69, 9.17) is 4.42 Å². The van der Waals surface area contributed by atoms with Crippen LogP contribution in [0.25, 0.3) is 11.5 Å². The third-order valence-corrected chi connectivity index (χ3v) is 5.45. The second kappa shape index (κ2) is 5.47. The van der Waals surface area contributed by atoms with Gasteiger partial charge in [0.2, 0.25) is 5.95 Å². The summed E-state index contributed by atoms with van der Waals surface area (Å²) in [7, 11) is 0. The van der Waals surface area contributed by atoms with Crippen LogP contribution in [-0.2, 0) is 6.18 Å². The number of rotatable bonds is 2. The second-order valence-corrected chi connectivity index (χ2v) is 8.76. The second-order valence-electron chi connectivity index (χ2n) is 8.76. The molecule has 0 aromatic carbocycles. The number of halogens is 3. The van der Waals surface area contributed by atoms with E-state index in [0.717, 1.165) is 25.3 Å². The number of furan rings is 1. The Balaban J connectivity index is 1.78. The van der Waals surface area contributed by atoms with E-state index in [1.54, 1.807) is 12.1 Å². The number of hydrogen-bond acceptors (Lipinski definition) is 4. The molecule has 140 valence electrons. The first-order chi connectivity index (χ1) is 12.0. The first-order valence-electron chi connectivity index (χ1n) is 8.82. The molecule has 2 fully saturated rings. The van der Waals surface area contributed by atoms with Crippen LogP contribution in [0.1, 0.15) is 45.7 Å². The van der Waals surface area contributed by atoms with Crippen LogP contribution in [0.5, 0.6) is 0 Å². The van der Waals surface area contributed by atoms with Crippen molar-refractivity contribution in [3.8, 4) is 11.5 Å². The van der Waals surface area contributed by atoms with Gasteiger partial charge in [-0.1, -0.05) is 20.8 Å². The van der Waals surface area contributed by atoms with Crippen molar-refractivity contribution >= 4 is 5.95 Å². The SMILES string of the molecule is CC1(C)C[C@H]2C[C@@](C)(CN2c2nc(-c3ccco3)cc(C(F)(F)F)n2)C1. The summed E-state index contributed by atoms with van der Waals surface area (Å²) in [6, 6.07) is 4.36. The highest BCUT2D eigenvalue weighted by Crippen LogP contribution is 2.53. The normalized spacial score (nSPS) is 27.8. The molecule has 2 aliphatic rings. The molecule has 3 heterocycles. The monoisotopic (exact) mass is 365 g/mol. The predicted octanol–water partition coefficient (Wildman–Crippen LogP) is 5.16. The highest BCUT2D eigenvalue weighted by atomic mass is 19.4. The summed E-state index contributed by atoms with van der Waals surface area (Å²) in [6.07, 6.45) is -0.158. The molecule has 2 atom stereocenters. The minimum atomic E-state index is -4.53. The van der Waals surface area contributed by atoms with Gasteiger partial charge in [0.05, 0.1) is 6.26 Å². The zero-order valence-corrected chi connectivity index (χ0v) is 15.1. The number of anilines is 1. The third kappa shape index (κ3) is 3.08. The molecule has 0 spiro atoms. The summed E-state index contributed by atoms with van der Waals surface area (Å²) >= 11 is 0. The van der Waals surface area contributed by atoms with E-state index in [1.807, 2.05) is 4.90 Å². The summed E-state index contributed by atoms with van der Waals surface area (Å²) in [5, 5.41) is 0. The summed E-state index contributed by atoms with van der Waals surface area (Å²) in [5.41, 5.74) is -0.523. The maximum Gasteiger partial charge on any atom is 0.433 e. The fourth-order valence-corrected chi connectivity index (χ4v) is 4.95. The van der Waals surface area contributed by atoms with E-state index < -0.39 is 11.9 Å². The molecule has 0 N–H and O–H groups in total. The zero-order chi connectivity index (χ0) is 18.7. The lowest BCUT2D eigenvalue weighted by Gasteiger charge is -2.39. The smallest absolute Gasteiger partial charge is 0.433 e. The van der Waals surface area contributed by atoms with Crippen molar-refractivity contribution in [2.75, 3.05) is 11.4 Å². The highest BCUT2D eigenvalue weighted by molar-refractivity contribution is 5.56. The molecule has 4 rings (SSSR count). The minimum Gasteiger partial charge on any atom is -0.463 e. The van der Waals surface area contributed by atoms with Crippen LogP contribution in [0.4, 0.5) is 19.1 Å². The zero-order valence-electron chi connectivity index (χ0n) is 15.1. The fourth-order valence-electron chi connectivity index (χ4n) is 4.95. The fraction of sp³-hybridized carbons (Fsp3) is 0.579. The van der Waals surface area contributed by atoms with Crippen molar-refractivity contribution in [2.24, 2.45) is 10.8 Å². The van der Waals surface area contributed by atoms with Gasteiger partial charge >= 0.3 is 6.18 Å². The standard InChI is InChI=1S/C19H22F3N3O/c1-17(2)8-12-9-18(3,10-17)11-25(12)16-23-13(14-5-4-6-26-14)7-15(24-16)19(20,21)22/h4-7,12H,8-11H2,1-3H3/t12-,18+/m0/s1. The Morgan fingerprint density at radius 1 is 1.19 bits per heavy atom.